The zero-order valence-electron chi connectivity index (χ0n) is 19.2. The average Bonchev–Trinajstić information content (AvgIpc) is 2.80. The Labute approximate surface area is 191 Å². The van der Waals surface area contributed by atoms with E-state index in [1.165, 1.54) is 12.8 Å². The summed E-state index contributed by atoms with van der Waals surface area (Å²) in [6, 6.07) is 16.3. The first-order valence-corrected chi connectivity index (χ1v) is 11.8. The van der Waals surface area contributed by atoms with Gasteiger partial charge in [-0.1, -0.05) is 30.3 Å². The van der Waals surface area contributed by atoms with Crippen molar-refractivity contribution in [3.63, 3.8) is 0 Å². The van der Waals surface area contributed by atoms with Crippen molar-refractivity contribution in [3.05, 3.63) is 54.1 Å². The van der Waals surface area contributed by atoms with E-state index in [-0.39, 0.29) is 0 Å². The van der Waals surface area contributed by atoms with Gasteiger partial charge in [0.1, 0.15) is 11.6 Å². The number of phenolic OH excluding ortho intramolecular Hbond substituents is 1. The molecule has 6 heteroatoms. The number of fused-ring (bicyclic) bond motifs is 1. The molecule has 0 atom stereocenters. The maximum absolute atomic E-state index is 9.86. The molecule has 0 radical (unpaired) electrons. The summed E-state index contributed by atoms with van der Waals surface area (Å²) in [7, 11) is 4.05. The molecule has 1 heterocycles. The van der Waals surface area contributed by atoms with Crippen LogP contribution < -0.4 is 15.5 Å². The third-order valence-corrected chi connectivity index (χ3v) is 6.41. The van der Waals surface area contributed by atoms with Crippen molar-refractivity contribution in [2.24, 2.45) is 5.92 Å². The molecule has 0 amide bonds. The van der Waals surface area contributed by atoms with Crippen molar-refractivity contribution in [2.75, 3.05) is 37.4 Å². The highest BCUT2D eigenvalue weighted by Gasteiger charge is 2.22. The molecule has 1 aliphatic rings. The minimum atomic E-state index is 0.409. The summed E-state index contributed by atoms with van der Waals surface area (Å²) < 4.78 is 0. The molecule has 4 rings (SSSR count). The number of aromatic hydroxyl groups is 1. The third kappa shape index (κ3) is 5.68. The Morgan fingerprint density at radius 1 is 0.969 bits per heavy atom. The van der Waals surface area contributed by atoms with Crippen LogP contribution in [0.5, 0.6) is 5.75 Å². The van der Waals surface area contributed by atoms with Gasteiger partial charge in [-0.05, 0) is 81.3 Å². The molecule has 170 valence electrons. The molecule has 2 aromatic carbocycles. The van der Waals surface area contributed by atoms with Crippen LogP contribution in [0, 0.1) is 5.92 Å². The fourth-order valence-corrected chi connectivity index (χ4v) is 4.59. The van der Waals surface area contributed by atoms with Crippen LogP contribution >= 0.6 is 0 Å². The Hall–Kier alpha value is -2.86. The van der Waals surface area contributed by atoms with E-state index in [9.17, 15) is 5.11 Å². The fourth-order valence-electron chi connectivity index (χ4n) is 4.59. The lowest BCUT2D eigenvalue weighted by atomic mass is 9.86. The second-order valence-electron chi connectivity index (χ2n) is 9.08. The van der Waals surface area contributed by atoms with Crippen molar-refractivity contribution in [1.82, 2.24) is 15.3 Å². The molecule has 6 nitrogen and oxygen atoms in total. The molecule has 3 aromatic rings. The molecule has 0 saturated heterocycles. The van der Waals surface area contributed by atoms with Crippen molar-refractivity contribution < 1.29 is 5.11 Å². The molecule has 0 aliphatic heterocycles. The highest BCUT2D eigenvalue weighted by Crippen LogP contribution is 2.28. The first-order valence-electron chi connectivity index (χ1n) is 11.8. The van der Waals surface area contributed by atoms with Gasteiger partial charge in [0, 0.05) is 25.5 Å². The number of para-hydroxylation sites is 2. The van der Waals surface area contributed by atoms with Crippen molar-refractivity contribution >= 4 is 22.7 Å². The number of benzene rings is 2. The molecule has 1 fully saturated rings. The SMILES string of the molecule is CN(C)c1nc(NC2CCC(CNCCCc3ccccc3O)CC2)nc2ccccc12. The van der Waals surface area contributed by atoms with E-state index < -0.39 is 0 Å². The second-order valence-corrected chi connectivity index (χ2v) is 9.08. The van der Waals surface area contributed by atoms with E-state index in [4.69, 9.17) is 9.97 Å². The van der Waals surface area contributed by atoms with E-state index in [1.807, 2.05) is 44.4 Å². The smallest absolute Gasteiger partial charge is 0.225 e. The van der Waals surface area contributed by atoms with E-state index >= 15 is 0 Å². The lowest BCUT2D eigenvalue weighted by Gasteiger charge is -2.29. The van der Waals surface area contributed by atoms with Crippen molar-refractivity contribution in [2.45, 2.75) is 44.6 Å². The van der Waals surface area contributed by atoms with E-state index in [0.29, 0.717) is 11.8 Å². The Balaban J connectivity index is 1.21. The summed E-state index contributed by atoms with van der Waals surface area (Å²) in [4.78, 5) is 11.6. The largest absolute Gasteiger partial charge is 0.508 e. The van der Waals surface area contributed by atoms with Crippen LogP contribution in [-0.2, 0) is 6.42 Å². The van der Waals surface area contributed by atoms with Crippen molar-refractivity contribution in [3.8, 4) is 5.75 Å². The number of hydrogen-bond acceptors (Lipinski definition) is 6. The van der Waals surface area contributed by atoms with Crippen LogP contribution in [0.4, 0.5) is 11.8 Å². The number of anilines is 2. The fraction of sp³-hybridized carbons (Fsp3) is 0.462. The lowest BCUT2D eigenvalue weighted by Crippen LogP contribution is -2.32. The third-order valence-electron chi connectivity index (χ3n) is 6.41. The highest BCUT2D eigenvalue weighted by molar-refractivity contribution is 5.90. The number of nitrogens with one attached hydrogen (secondary N) is 2. The van der Waals surface area contributed by atoms with Crippen LogP contribution in [0.2, 0.25) is 0 Å². The molecule has 32 heavy (non-hydrogen) atoms. The molecule has 0 spiro atoms. The maximum atomic E-state index is 9.86. The summed E-state index contributed by atoms with van der Waals surface area (Å²) in [5.41, 5.74) is 2.02. The summed E-state index contributed by atoms with van der Waals surface area (Å²) in [5, 5.41) is 18.2. The zero-order chi connectivity index (χ0) is 22.3. The first-order chi connectivity index (χ1) is 15.6. The Morgan fingerprint density at radius 3 is 2.50 bits per heavy atom. The van der Waals surface area contributed by atoms with E-state index in [1.54, 1.807) is 6.07 Å². The summed E-state index contributed by atoms with van der Waals surface area (Å²) in [6.45, 7) is 2.06. The molecular weight excluding hydrogens is 398 g/mol. The van der Waals surface area contributed by atoms with Gasteiger partial charge in [0.2, 0.25) is 5.95 Å². The lowest BCUT2D eigenvalue weighted by molar-refractivity contribution is 0.324. The Bertz CT molecular complexity index is 1010. The van der Waals surface area contributed by atoms with Gasteiger partial charge in [0.25, 0.3) is 0 Å². The molecule has 0 unspecified atom stereocenters. The van der Waals surface area contributed by atoms with Gasteiger partial charge in [-0.25, -0.2) is 4.98 Å². The van der Waals surface area contributed by atoms with Gasteiger partial charge in [-0.2, -0.15) is 4.98 Å². The van der Waals surface area contributed by atoms with E-state index in [2.05, 4.69) is 27.7 Å². The second kappa shape index (κ2) is 10.6. The normalized spacial score (nSPS) is 18.6. The van der Waals surface area contributed by atoms with Crippen LogP contribution in [-0.4, -0.2) is 48.3 Å². The molecule has 1 aromatic heterocycles. The molecule has 1 saturated carbocycles. The minimum absolute atomic E-state index is 0.409. The maximum Gasteiger partial charge on any atom is 0.225 e. The summed E-state index contributed by atoms with van der Waals surface area (Å²) >= 11 is 0. The monoisotopic (exact) mass is 433 g/mol. The van der Waals surface area contributed by atoms with E-state index in [0.717, 1.165) is 72.9 Å². The van der Waals surface area contributed by atoms with Gasteiger partial charge in [0.15, 0.2) is 0 Å². The van der Waals surface area contributed by atoms with Gasteiger partial charge >= 0.3 is 0 Å². The molecular formula is C26H35N5O. The van der Waals surface area contributed by atoms with Gasteiger partial charge in [0.05, 0.1) is 5.52 Å². The highest BCUT2D eigenvalue weighted by atomic mass is 16.3. The minimum Gasteiger partial charge on any atom is -0.508 e. The predicted octanol–water partition coefficient (Wildman–Crippen LogP) is 4.59. The average molecular weight is 434 g/mol. The number of rotatable bonds is 9. The Kier molecular flexibility index (Phi) is 7.43. The predicted molar refractivity (Wildman–Crippen MR) is 133 cm³/mol. The first kappa shape index (κ1) is 22.3. The Morgan fingerprint density at radius 2 is 1.72 bits per heavy atom. The van der Waals surface area contributed by atoms with Gasteiger partial charge in [-0.3, -0.25) is 0 Å². The number of phenols is 1. The zero-order valence-corrected chi connectivity index (χ0v) is 19.2. The van der Waals surface area contributed by atoms with Crippen LogP contribution in [0.3, 0.4) is 0 Å². The number of nitrogens with zero attached hydrogens (tertiary/aromatic N) is 3. The van der Waals surface area contributed by atoms with Crippen molar-refractivity contribution in [1.29, 1.82) is 0 Å². The van der Waals surface area contributed by atoms with Crippen LogP contribution in [0.25, 0.3) is 10.9 Å². The molecule has 0 bridgehead atoms. The summed E-state index contributed by atoms with van der Waals surface area (Å²) in [5.74, 6) is 2.83. The number of hydrogen-bond donors (Lipinski definition) is 3. The summed E-state index contributed by atoms with van der Waals surface area (Å²) in [6.07, 6.45) is 6.70. The van der Waals surface area contributed by atoms with Gasteiger partial charge < -0.3 is 20.6 Å². The standard InChI is InChI=1S/C26H35N5O/c1-31(2)25-22-10-4-5-11-23(22)29-26(30-25)28-21-15-13-19(14-16-21)18-27-17-7-9-20-8-3-6-12-24(20)32/h3-6,8,10-12,19,21,27,32H,7,9,13-18H2,1-2H3,(H,28,29,30). The van der Waals surface area contributed by atoms with Gasteiger partial charge in [-0.15, -0.1) is 0 Å². The molecule has 3 N–H and O–H groups in total. The van der Waals surface area contributed by atoms with Crippen LogP contribution in [0.1, 0.15) is 37.7 Å². The number of aryl methyl sites for hydroxylation is 1. The quantitative estimate of drug-likeness (QED) is 0.429. The topological polar surface area (TPSA) is 73.3 Å². The number of aromatic nitrogens is 2. The van der Waals surface area contributed by atoms with Crippen LogP contribution in [0.15, 0.2) is 48.5 Å². The molecule has 1 aliphatic carbocycles.